The summed E-state index contributed by atoms with van der Waals surface area (Å²) >= 11 is 0. The van der Waals surface area contributed by atoms with Crippen molar-refractivity contribution in [2.45, 2.75) is 6.92 Å². The van der Waals surface area contributed by atoms with Gasteiger partial charge in [-0.3, -0.25) is 9.78 Å². The van der Waals surface area contributed by atoms with Gasteiger partial charge in [0.2, 0.25) is 0 Å². The number of amides is 2. The minimum Gasteiger partial charge on any atom is -0.450 e. The van der Waals surface area contributed by atoms with Gasteiger partial charge in [-0.05, 0) is 25.1 Å². The molecule has 7 heteroatoms. The average Bonchev–Trinajstić information content (AvgIpc) is 2.73. The summed E-state index contributed by atoms with van der Waals surface area (Å²) in [4.78, 5) is 34.2. The lowest BCUT2D eigenvalue weighted by Crippen LogP contribution is -2.50. The molecule has 142 valence electrons. The molecule has 2 aromatic rings. The number of para-hydroxylation sites is 1. The van der Waals surface area contributed by atoms with Crippen LogP contribution in [-0.2, 0) is 4.74 Å². The van der Waals surface area contributed by atoms with Gasteiger partial charge in [-0.15, -0.1) is 0 Å². The Bertz CT molecular complexity index is 789. The van der Waals surface area contributed by atoms with Gasteiger partial charge in [0, 0.05) is 45.1 Å². The number of hydrogen-bond donors (Lipinski definition) is 0. The zero-order valence-corrected chi connectivity index (χ0v) is 15.7. The fraction of sp³-hybridized carbons (Fsp3) is 0.350. The van der Waals surface area contributed by atoms with Crippen molar-refractivity contribution in [2.75, 3.05) is 44.7 Å². The van der Waals surface area contributed by atoms with Crippen LogP contribution in [0, 0.1) is 0 Å². The maximum absolute atomic E-state index is 12.8. The largest absolute Gasteiger partial charge is 0.450 e. The number of carbonyl (C=O) groups is 2. The summed E-state index contributed by atoms with van der Waals surface area (Å²) in [7, 11) is 1.94. The van der Waals surface area contributed by atoms with E-state index in [9.17, 15) is 9.59 Å². The molecule has 0 spiro atoms. The van der Waals surface area contributed by atoms with Crippen LogP contribution in [0.25, 0.3) is 0 Å². The SMILES string of the molecule is CCOC(=O)N1CCN(C(=O)c2cncc(N(C)c3ccccc3)c2)CC1. The van der Waals surface area contributed by atoms with Gasteiger partial charge in [-0.25, -0.2) is 4.79 Å². The molecule has 0 unspecified atom stereocenters. The van der Waals surface area contributed by atoms with Crippen LogP contribution in [0.5, 0.6) is 0 Å². The predicted octanol–water partition coefficient (Wildman–Crippen LogP) is 2.76. The molecule has 1 saturated heterocycles. The Morgan fingerprint density at radius 1 is 1.04 bits per heavy atom. The molecule has 27 heavy (non-hydrogen) atoms. The minimum atomic E-state index is -0.322. The second-order valence-electron chi connectivity index (χ2n) is 6.30. The van der Waals surface area contributed by atoms with E-state index in [1.54, 1.807) is 29.1 Å². The first-order valence-corrected chi connectivity index (χ1v) is 9.05. The van der Waals surface area contributed by atoms with Gasteiger partial charge in [-0.1, -0.05) is 18.2 Å². The molecule has 0 aliphatic carbocycles. The van der Waals surface area contributed by atoms with Crippen LogP contribution in [-0.4, -0.2) is 66.6 Å². The van der Waals surface area contributed by atoms with E-state index in [0.717, 1.165) is 11.4 Å². The number of hydrogen-bond acceptors (Lipinski definition) is 5. The van der Waals surface area contributed by atoms with Crippen LogP contribution in [0.2, 0.25) is 0 Å². The molecule has 2 amide bonds. The molecule has 0 N–H and O–H groups in total. The van der Waals surface area contributed by atoms with Crippen LogP contribution in [0.1, 0.15) is 17.3 Å². The Hall–Kier alpha value is -3.09. The monoisotopic (exact) mass is 368 g/mol. The third-order valence-electron chi connectivity index (χ3n) is 4.59. The van der Waals surface area contributed by atoms with Crippen molar-refractivity contribution in [3.63, 3.8) is 0 Å². The second kappa shape index (κ2) is 8.53. The van der Waals surface area contributed by atoms with Gasteiger partial charge in [0.25, 0.3) is 5.91 Å². The molecule has 1 aliphatic heterocycles. The lowest BCUT2D eigenvalue weighted by molar-refractivity contribution is 0.0570. The maximum Gasteiger partial charge on any atom is 0.409 e. The first-order chi connectivity index (χ1) is 13.1. The average molecular weight is 368 g/mol. The highest BCUT2D eigenvalue weighted by Gasteiger charge is 2.25. The van der Waals surface area contributed by atoms with Gasteiger partial charge < -0.3 is 19.4 Å². The minimum absolute atomic E-state index is 0.0747. The highest BCUT2D eigenvalue weighted by Crippen LogP contribution is 2.23. The molecule has 0 bridgehead atoms. The highest BCUT2D eigenvalue weighted by molar-refractivity contribution is 5.95. The number of aromatic nitrogens is 1. The fourth-order valence-corrected chi connectivity index (χ4v) is 3.02. The molecule has 1 aromatic heterocycles. The first-order valence-electron chi connectivity index (χ1n) is 9.05. The van der Waals surface area contributed by atoms with Gasteiger partial charge in [0.15, 0.2) is 0 Å². The molecule has 2 heterocycles. The number of nitrogens with zero attached hydrogens (tertiary/aromatic N) is 4. The molecule has 7 nitrogen and oxygen atoms in total. The number of benzene rings is 1. The van der Waals surface area contributed by atoms with E-state index in [1.165, 1.54) is 0 Å². The van der Waals surface area contributed by atoms with Crippen molar-refractivity contribution in [1.82, 2.24) is 14.8 Å². The Morgan fingerprint density at radius 3 is 2.37 bits per heavy atom. The summed E-state index contributed by atoms with van der Waals surface area (Å²) < 4.78 is 5.01. The highest BCUT2D eigenvalue weighted by atomic mass is 16.6. The summed E-state index contributed by atoms with van der Waals surface area (Å²) in [6.45, 7) is 4.05. The predicted molar refractivity (Wildman–Crippen MR) is 103 cm³/mol. The van der Waals surface area contributed by atoms with E-state index in [1.807, 2.05) is 48.3 Å². The molecule has 0 saturated carbocycles. The van der Waals surface area contributed by atoms with Crippen LogP contribution >= 0.6 is 0 Å². The number of rotatable bonds is 4. The van der Waals surface area contributed by atoms with Crippen LogP contribution in [0.4, 0.5) is 16.2 Å². The summed E-state index contributed by atoms with van der Waals surface area (Å²) in [6, 6.07) is 11.8. The topological polar surface area (TPSA) is 66.0 Å². The first kappa shape index (κ1) is 18.7. The Labute approximate surface area is 159 Å². The summed E-state index contributed by atoms with van der Waals surface area (Å²) in [5.74, 6) is -0.0747. The number of pyridine rings is 1. The van der Waals surface area contributed by atoms with Crippen molar-refractivity contribution in [3.8, 4) is 0 Å². The van der Waals surface area contributed by atoms with E-state index in [-0.39, 0.29) is 12.0 Å². The number of anilines is 2. The third-order valence-corrected chi connectivity index (χ3v) is 4.59. The number of ether oxygens (including phenoxy) is 1. The van der Waals surface area contributed by atoms with E-state index in [0.29, 0.717) is 38.3 Å². The van der Waals surface area contributed by atoms with Gasteiger partial charge in [0.1, 0.15) is 0 Å². The van der Waals surface area contributed by atoms with Crippen molar-refractivity contribution in [2.24, 2.45) is 0 Å². The van der Waals surface area contributed by atoms with Crippen molar-refractivity contribution >= 4 is 23.4 Å². The summed E-state index contributed by atoms with van der Waals surface area (Å²) in [5.41, 5.74) is 2.41. The molecule has 0 atom stereocenters. The third kappa shape index (κ3) is 4.36. The molecule has 1 aromatic carbocycles. The van der Waals surface area contributed by atoms with Gasteiger partial charge in [-0.2, -0.15) is 0 Å². The Balaban J connectivity index is 1.67. The molecular weight excluding hydrogens is 344 g/mol. The normalized spacial score (nSPS) is 14.0. The lowest BCUT2D eigenvalue weighted by Gasteiger charge is -2.34. The molecule has 0 radical (unpaired) electrons. The van der Waals surface area contributed by atoms with E-state index in [2.05, 4.69) is 4.98 Å². The number of carbonyl (C=O) groups excluding carboxylic acids is 2. The van der Waals surface area contributed by atoms with Crippen LogP contribution in [0.15, 0.2) is 48.8 Å². The maximum atomic E-state index is 12.8. The van der Waals surface area contributed by atoms with Crippen LogP contribution in [0.3, 0.4) is 0 Å². The molecule has 1 aliphatic rings. The van der Waals surface area contributed by atoms with E-state index < -0.39 is 0 Å². The second-order valence-corrected chi connectivity index (χ2v) is 6.30. The van der Waals surface area contributed by atoms with Gasteiger partial charge >= 0.3 is 6.09 Å². The Kier molecular flexibility index (Phi) is 5.90. The smallest absolute Gasteiger partial charge is 0.409 e. The van der Waals surface area contributed by atoms with Crippen molar-refractivity contribution in [1.29, 1.82) is 0 Å². The van der Waals surface area contributed by atoms with E-state index >= 15 is 0 Å². The fourth-order valence-electron chi connectivity index (χ4n) is 3.02. The number of piperazine rings is 1. The zero-order chi connectivity index (χ0) is 19.2. The summed E-state index contributed by atoms with van der Waals surface area (Å²) in [5, 5.41) is 0. The lowest BCUT2D eigenvalue weighted by atomic mass is 10.2. The van der Waals surface area contributed by atoms with Crippen molar-refractivity contribution in [3.05, 3.63) is 54.4 Å². The summed E-state index contributed by atoms with van der Waals surface area (Å²) in [6.07, 6.45) is 3.00. The van der Waals surface area contributed by atoms with Crippen LogP contribution < -0.4 is 4.90 Å². The molecular formula is C20H24N4O3. The standard InChI is InChI=1S/C20H24N4O3/c1-3-27-20(26)24-11-9-23(10-12-24)19(25)16-13-18(15-21-14-16)22(2)17-7-5-4-6-8-17/h4-8,13-15H,3,9-12H2,1-2H3. The molecule has 1 fully saturated rings. The van der Waals surface area contributed by atoms with Gasteiger partial charge in [0.05, 0.1) is 24.1 Å². The van der Waals surface area contributed by atoms with E-state index in [4.69, 9.17) is 4.74 Å². The molecule has 3 rings (SSSR count). The van der Waals surface area contributed by atoms with Crippen molar-refractivity contribution < 1.29 is 14.3 Å². The quantitative estimate of drug-likeness (QED) is 0.830. The Morgan fingerprint density at radius 2 is 1.70 bits per heavy atom. The zero-order valence-electron chi connectivity index (χ0n) is 15.7.